The third kappa shape index (κ3) is 4.68. The highest BCUT2D eigenvalue weighted by molar-refractivity contribution is 5.98. The number of hydrogen-bond acceptors (Lipinski definition) is 6. The van der Waals surface area contributed by atoms with Crippen molar-refractivity contribution in [1.29, 1.82) is 5.26 Å². The van der Waals surface area contributed by atoms with Gasteiger partial charge in [-0.15, -0.1) is 0 Å². The normalized spacial score (nSPS) is 29.1. The maximum absolute atomic E-state index is 12.7. The minimum Gasteiger partial charge on any atom is -0.489 e. The van der Waals surface area contributed by atoms with Crippen LogP contribution >= 0.6 is 0 Å². The molecule has 2 bridgehead atoms. The summed E-state index contributed by atoms with van der Waals surface area (Å²) in [5.41, 5.74) is 2.87. The Hall–Kier alpha value is -3.41. The van der Waals surface area contributed by atoms with Gasteiger partial charge in [0, 0.05) is 30.7 Å². The van der Waals surface area contributed by atoms with E-state index in [0.29, 0.717) is 48.1 Å². The molecule has 2 aromatic rings. The van der Waals surface area contributed by atoms with E-state index in [1.165, 1.54) is 0 Å². The van der Waals surface area contributed by atoms with E-state index in [4.69, 9.17) is 4.74 Å². The molecule has 4 aliphatic rings. The van der Waals surface area contributed by atoms with Crippen molar-refractivity contribution in [2.45, 2.75) is 50.8 Å². The Morgan fingerprint density at radius 1 is 1.23 bits per heavy atom. The second-order valence-corrected chi connectivity index (χ2v) is 12.4. The topological polar surface area (TPSA) is 123 Å². The van der Waals surface area contributed by atoms with Gasteiger partial charge < -0.3 is 25.2 Å². The average Bonchev–Trinajstić information content (AvgIpc) is 3.22. The van der Waals surface area contributed by atoms with Crippen molar-refractivity contribution in [1.82, 2.24) is 10.2 Å². The molecule has 1 heterocycles. The molecule has 3 N–H and O–H groups in total. The number of carboxylic acid groups (broad SMARTS) is 1. The van der Waals surface area contributed by atoms with E-state index in [-0.39, 0.29) is 30.9 Å². The van der Waals surface area contributed by atoms with Crippen molar-refractivity contribution in [2.75, 3.05) is 19.7 Å². The highest BCUT2D eigenvalue weighted by Gasteiger charge is 2.70. The Morgan fingerprint density at radius 3 is 2.77 bits per heavy atom. The standard InChI is InChI=1S/C31H35N3O5/c1-31(2,16-34-14-19-5-3-4-6-22(19)29(34)36)33-13-21(35)15-39-25-11-17(7-8-18(25)12-32)23-9-20-10-24(23)27-26(20)28(27)30(37)38/h3-8,11,20-21,23-24,26-28,33,35H,9-10,13-16H2,1-2H3,(H,37,38)/t20?,21-,23?,24?,26?,27?,28?/m1/s1. The second kappa shape index (κ2) is 9.65. The van der Waals surface area contributed by atoms with Gasteiger partial charge >= 0.3 is 5.97 Å². The van der Waals surface area contributed by atoms with Gasteiger partial charge in [-0.2, -0.15) is 5.26 Å². The molecule has 8 nitrogen and oxygen atoms in total. The summed E-state index contributed by atoms with van der Waals surface area (Å²) in [6, 6.07) is 15.5. The minimum atomic E-state index is -0.808. The van der Waals surface area contributed by atoms with Crippen LogP contribution in [-0.2, 0) is 11.3 Å². The van der Waals surface area contributed by atoms with Gasteiger partial charge in [-0.3, -0.25) is 9.59 Å². The van der Waals surface area contributed by atoms with Gasteiger partial charge in [0.05, 0.1) is 11.5 Å². The molecule has 8 heteroatoms. The molecule has 1 amide bonds. The van der Waals surface area contributed by atoms with Gasteiger partial charge in [0.15, 0.2) is 0 Å². The predicted octanol–water partition coefficient (Wildman–Crippen LogP) is 3.39. The number of hydrogen-bond donors (Lipinski definition) is 3. The van der Waals surface area contributed by atoms with Crippen molar-refractivity contribution in [3.63, 3.8) is 0 Å². The quantitative estimate of drug-likeness (QED) is 0.431. The number of nitrogens with zero attached hydrogens (tertiary/aromatic N) is 2. The number of nitrogens with one attached hydrogen (secondary N) is 1. The largest absolute Gasteiger partial charge is 0.489 e. The van der Waals surface area contributed by atoms with E-state index >= 15 is 0 Å². The zero-order valence-electron chi connectivity index (χ0n) is 22.3. The number of carbonyl (C=O) groups excluding carboxylic acids is 1. The molecule has 3 fully saturated rings. The number of aliphatic hydroxyl groups excluding tert-OH is 1. The summed E-state index contributed by atoms with van der Waals surface area (Å²) >= 11 is 0. The maximum atomic E-state index is 12.7. The Labute approximate surface area is 228 Å². The van der Waals surface area contributed by atoms with Crippen LogP contribution < -0.4 is 10.1 Å². The summed E-state index contributed by atoms with van der Waals surface area (Å²) in [5, 5.41) is 33.2. The number of fused-ring (bicyclic) bond motifs is 6. The van der Waals surface area contributed by atoms with Crippen LogP contribution in [0.3, 0.4) is 0 Å². The molecule has 7 atom stereocenters. The summed E-state index contributed by atoms with van der Waals surface area (Å²) in [6.45, 7) is 5.39. The van der Waals surface area contributed by atoms with Gasteiger partial charge in [-0.05, 0) is 85.6 Å². The van der Waals surface area contributed by atoms with E-state index in [1.807, 2.05) is 55.1 Å². The Bertz CT molecular complexity index is 1350. The first kappa shape index (κ1) is 25.8. The SMILES string of the molecule is CC(C)(CN1Cc2ccccc2C1=O)NC[C@@H](O)COc1cc(C2CC3CC2C2C(C(=O)O)C32)ccc1C#N. The number of nitriles is 1. The van der Waals surface area contributed by atoms with Gasteiger partial charge in [-0.1, -0.05) is 24.3 Å². The summed E-state index contributed by atoms with van der Waals surface area (Å²) in [7, 11) is 0. The molecule has 204 valence electrons. The van der Waals surface area contributed by atoms with Crippen molar-refractivity contribution < 1.29 is 24.5 Å². The fourth-order valence-corrected chi connectivity index (χ4v) is 7.68. The van der Waals surface area contributed by atoms with E-state index in [0.717, 1.165) is 29.5 Å². The highest BCUT2D eigenvalue weighted by atomic mass is 16.5. The number of ether oxygens (including phenoxy) is 1. The number of β-amino-alcohol motifs (C(OH)–C–C–N with tert-alkyl or cyclic N) is 1. The zero-order valence-corrected chi connectivity index (χ0v) is 22.3. The summed E-state index contributed by atoms with van der Waals surface area (Å²) in [4.78, 5) is 26.1. The maximum Gasteiger partial charge on any atom is 0.307 e. The predicted molar refractivity (Wildman–Crippen MR) is 143 cm³/mol. The Morgan fingerprint density at radius 2 is 2.03 bits per heavy atom. The number of rotatable bonds is 10. The van der Waals surface area contributed by atoms with Crippen molar-refractivity contribution in [2.24, 2.45) is 29.6 Å². The van der Waals surface area contributed by atoms with Crippen LogP contribution in [0.2, 0.25) is 0 Å². The van der Waals surface area contributed by atoms with Crippen molar-refractivity contribution in [3.8, 4) is 11.8 Å². The molecule has 6 unspecified atom stereocenters. The fraction of sp³-hybridized carbons (Fsp3) is 0.516. The third-order valence-electron chi connectivity index (χ3n) is 9.39. The molecule has 1 aliphatic heterocycles. The number of aliphatic hydroxyl groups is 1. The molecule has 3 saturated carbocycles. The minimum absolute atomic E-state index is 0.0256. The van der Waals surface area contributed by atoms with Gasteiger partial charge in [0.1, 0.15) is 24.5 Å². The summed E-state index contributed by atoms with van der Waals surface area (Å²) in [5.74, 6) is 1.43. The summed E-state index contributed by atoms with van der Waals surface area (Å²) < 4.78 is 5.95. The average molecular weight is 530 g/mol. The molecular formula is C31H35N3O5. The van der Waals surface area contributed by atoms with E-state index in [2.05, 4.69) is 11.4 Å². The van der Waals surface area contributed by atoms with Gasteiger partial charge in [0.25, 0.3) is 5.91 Å². The molecule has 6 rings (SSSR count). The number of amides is 1. The number of aliphatic carboxylic acids is 1. The molecular weight excluding hydrogens is 494 g/mol. The van der Waals surface area contributed by atoms with Crippen LogP contribution in [0.4, 0.5) is 0 Å². The Kier molecular flexibility index (Phi) is 6.40. The van der Waals surface area contributed by atoms with Crippen LogP contribution in [-0.4, -0.2) is 58.3 Å². The second-order valence-electron chi connectivity index (χ2n) is 12.4. The lowest BCUT2D eigenvalue weighted by molar-refractivity contribution is -0.139. The van der Waals surface area contributed by atoms with Crippen LogP contribution in [0.15, 0.2) is 42.5 Å². The number of benzene rings is 2. The first-order valence-corrected chi connectivity index (χ1v) is 13.9. The van der Waals surface area contributed by atoms with Crippen LogP contribution in [0.1, 0.15) is 59.7 Å². The molecule has 0 radical (unpaired) electrons. The molecule has 0 saturated heterocycles. The molecule has 0 spiro atoms. The van der Waals surface area contributed by atoms with E-state index in [9.17, 15) is 25.1 Å². The number of carboxylic acids is 1. The Balaban J connectivity index is 1.03. The molecule has 3 aliphatic carbocycles. The van der Waals surface area contributed by atoms with Crippen LogP contribution in [0, 0.1) is 40.9 Å². The highest BCUT2D eigenvalue weighted by Crippen LogP contribution is 2.72. The molecule has 2 aromatic carbocycles. The third-order valence-corrected chi connectivity index (χ3v) is 9.39. The zero-order chi connectivity index (χ0) is 27.5. The van der Waals surface area contributed by atoms with E-state index < -0.39 is 17.6 Å². The smallest absolute Gasteiger partial charge is 0.307 e. The first-order valence-electron chi connectivity index (χ1n) is 13.9. The summed E-state index contributed by atoms with van der Waals surface area (Å²) in [6.07, 6.45) is 1.28. The van der Waals surface area contributed by atoms with E-state index in [1.54, 1.807) is 6.07 Å². The van der Waals surface area contributed by atoms with Crippen LogP contribution in [0.5, 0.6) is 5.75 Å². The molecule has 0 aromatic heterocycles. The monoisotopic (exact) mass is 529 g/mol. The lowest BCUT2D eigenvalue weighted by Crippen LogP contribution is -2.51. The van der Waals surface area contributed by atoms with Crippen molar-refractivity contribution >= 4 is 11.9 Å². The van der Waals surface area contributed by atoms with Gasteiger partial charge in [0.2, 0.25) is 0 Å². The number of carbonyl (C=O) groups is 2. The first-order chi connectivity index (χ1) is 18.7. The lowest BCUT2D eigenvalue weighted by Gasteiger charge is -2.32. The lowest BCUT2D eigenvalue weighted by atomic mass is 9.83. The fourth-order valence-electron chi connectivity index (χ4n) is 7.68. The molecule has 39 heavy (non-hydrogen) atoms. The van der Waals surface area contributed by atoms with Crippen molar-refractivity contribution in [3.05, 3.63) is 64.7 Å². The van der Waals surface area contributed by atoms with Gasteiger partial charge in [-0.25, -0.2) is 0 Å². The van der Waals surface area contributed by atoms with Crippen LogP contribution in [0.25, 0.3) is 0 Å².